The Labute approximate surface area is 125 Å². The van der Waals surface area contributed by atoms with Gasteiger partial charge in [0.05, 0.1) is 6.61 Å². The molecule has 2 rings (SSSR count). The molecule has 0 unspecified atom stereocenters. The average molecular weight is 325 g/mol. The van der Waals surface area contributed by atoms with Gasteiger partial charge >= 0.3 is 0 Å². The summed E-state index contributed by atoms with van der Waals surface area (Å²) in [5, 5.41) is 0. The number of ether oxygens (including phenoxy) is 1. The van der Waals surface area contributed by atoms with E-state index in [-0.39, 0.29) is 17.0 Å². The normalized spacial score (nSPS) is 11.1. The van der Waals surface area contributed by atoms with Gasteiger partial charge in [-0.2, -0.15) is 0 Å². The van der Waals surface area contributed by atoms with Crippen molar-refractivity contribution < 1.29 is 26.3 Å². The highest BCUT2D eigenvalue weighted by Gasteiger charge is 2.13. The Kier molecular flexibility index (Phi) is 6.81. The van der Waals surface area contributed by atoms with Crippen LogP contribution in [0, 0.1) is 0 Å². The molecule has 0 amide bonds. The molecule has 2 aromatic rings. The number of nitrogens with zero attached hydrogens (tertiary/aromatic N) is 2. The van der Waals surface area contributed by atoms with Crippen LogP contribution in [0.4, 0.5) is 0 Å². The highest BCUT2D eigenvalue weighted by atomic mass is 79.9. The smallest absolute Gasteiger partial charge is 0.245 e. The van der Waals surface area contributed by atoms with E-state index in [4.69, 9.17) is 4.74 Å². The maximum Gasteiger partial charge on any atom is 0.245 e. The summed E-state index contributed by atoms with van der Waals surface area (Å²) in [6.07, 6.45) is 6.42. The van der Waals surface area contributed by atoms with Crippen molar-refractivity contribution >= 4 is 11.0 Å². The summed E-state index contributed by atoms with van der Waals surface area (Å²) in [7, 11) is 0. The molecule has 0 N–H and O–H groups in total. The maximum atomic E-state index is 5.43. The summed E-state index contributed by atoms with van der Waals surface area (Å²) in [5.41, 5.74) is 2.54. The predicted molar refractivity (Wildman–Crippen MR) is 73.4 cm³/mol. The lowest BCUT2D eigenvalue weighted by Crippen LogP contribution is -3.00. The number of hydrogen-bond acceptors (Lipinski definition) is 1. The van der Waals surface area contributed by atoms with E-state index in [1.165, 1.54) is 11.0 Å². The molecule has 1 aromatic heterocycles. The topological polar surface area (TPSA) is 18.0 Å². The average Bonchev–Trinajstić information content (AvgIpc) is 2.76. The third-order valence-corrected chi connectivity index (χ3v) is 3.00. The van der Waals surface area contributed by atoms with E-state index in [2.05, 4.69) is 58.8 Å². The SMILES string of the molecule is C/C=C/C[n+]1cn(CCOCC)c2ccccc21.[Br-]. The molecule has 3 nitrogen and oxygen atoms in total. The van der Waals surface area contributed by atoms with Crippen molar-refractivity contribution in [2.45, 2.75) is 26.9 Å². The van der Waals surface area contributed by atoms with Crippen LogP contribution in [0.1, 0.15) is 13.8 Å². The largest absolute Gasteiger partial charge is 1.00 e. The van der Waals surface area contributed by atoms with Crippen molar-refractivity contribution in [3.05, 3.63) is 42.7 Å². The van der Waals surface area contributed by atoms with Gasteiger partial charge in [0.25, 0.3) is 0 Å². The predicted octanol–water partition coefficient (Wildman–Crippen LogP) is -0.455. The summed E-state index contributed by atoms with van der Waals surface area (Å²) in [6, 6.07) is 8.49. The highest BCUT2D eigenvalue weighted by Crippen LogP contribution is 2.10. The van der Waals surface area contributed by atoms with Crippen molar-refractivity contribution in [2.75, 3.05) is 13.2 Å². The van der Waals surface area contributed by atoms with Gasteiger partial charge < -0.3 is 21.7 Å². The second-order valence-corrected chi connectivity index (χ2v) is 4.22. The monoisotopic (exact) mass is 324 g/mol. The van der Waals surface area contributed by atoms with Crippen LogP contribution in [0.2, 0.25) is 0 Å². The minimum Gasteiger partial charge on any atom is -1.00 e. The molecule has 4 heteroatoms. The fraction of sp³-hybridized carbons (Fsp3) is 0.400. The number of halogens is 1. The van der Waals surface area contributed by atoms with E-state index < -0.39 is 0 Å². The molecule has 0 saturated heterocycles. The molecule has 1 heterocycles. The number of hydrogen-bond donors (Lipinski definition) is 0. The number of allylic oxidation sites excluding steroid dienone is 2. The lowest BCUT2D eigenvalue weighted by molar-refractivity contribution is -0.661. The van der Waals surface area contributed by atoms with E-state index in [0.29, 0.717) is 0 Å². The first-order valence-corrected chi connectivity index (χ1v) is 6.53. The Morgan fingerprint density at radius 2 is 2.11 bits per heavy atom. The summed E-state index contributed by atoms with van der Waals surface area (Å²) < 4.78 is 9.96. The van der Waals surface area contributed by atoms with Crippen LogP contribution in [-0.2, 0) is 17.8 Å². The van der Waals surface area contributed by atoms with Crippen molar-refractivity contribution in [1.29, 1.82) is 0 Å². The lowest BCUT2D eigenvalue weighted by Gasteiger charge is -1.98. The Morgan fingerprint density at radius 3 is 2.84 bits per heavy atom. The standard InChI is InChI=1S/C15H21N2O.BrH/c1-3-5-10-16-13-17(11-12-18-4-2)15-9-7-6-8-14(15)16;/h3,5-9,13H,4,10-12H2,1-2H3;1H/q+1;/p-1/b5-3+;. The van der Waals surface area contributed by atoms with Gasteiger partial charge in [0.15, 0.2) is 11.0 Å². The number of fused-ring (bicyclic) bond motifs is 1. The minimum absolute atomic E-state index is 0. The molecule has 0 aliphatic heterocycles. The van der Waals surface area contributed by atoms with Gasteiger partial charge in [0, 0.05) is 6.61 Å². The minimum atomic E-state index is 0. The highest BCUT2D eigenvalue weighted by molar-refractivity contribution is 5.71. The Balaban J connectivity index is 0.00000180. The molecule has 1 aromatic carbocycles. The zero-order valence-corrected chi connectivity index (χ0v) is 13.1. The molecule has 0 aliphatic rings. The van der Waals surface area contributed by atoms with Crippen LogP contribution in [-0.4, -0.2) is 17.8 Å². The first-order chi connectivity index (χ1) is 8.86. The lowest BCUT2D eigenvalue weighted by atomic mass is 10.3. The second-order valence-electron chi connectivity index (χ2n) is 4.22. The van der Waals surface area contributed by atoms with Gasteiger partial charge in [0.2, 0.25) is 6.33 Å². The summed E-state index contributed by atoms with van der Waals surface area (Å²) in [4.78, 5) is 0. The Morgan fingerprint density at radius 1 is 1.32 bits per heavy atom. The summed E-state index contributed by atoms with van der Waals surface area (Å²) in [6.45, 7) is 7.43. The number of rotatable bonds is 6. The molecule has 0 saturated carbocycles. The van der Waals surface area contributed by atoms with E-state index in [1.54, 1.807) is 0 Å². The molecular weight excluding hydrogens is 304 g/mol. The number of benzene rings is 1. The van der Waals surface area contributed by atoms with E-state index in [0.717, 1.165) is 26.3 Å². The fourth-order valence-electron chi connectivity index (χ4n) is 2.09. The quantitative estimate of drug-likeness (QED) is 0.400. The molecule has 19 heavy (non-hydrogen) atoms. The number of aromatic nitrogens is 2. The van der Waals surface area contributed by atoms with Gasteiger partial charge in [-0.25, -0.2) is 9.13 Å². The molecule has 0 fully saturated rings. The first kappa shape index (κ1) is 15.9. The zero-order chi connectivity index (χ0) is 12.8. The van der Waals surface area contributed by atoms with Gasteiger partial charge in [-0.05, 0) is 32.1 Å². The molecule has 0 radical (unpaired) electrons. The number of imidazole rings is 1. The van der Waals surface area contributed by atoms with E-state index in [1.807, 2.05) is 6.92 Å². The fourth-order valence-corrected chi connectivity index (χ4v) is 2.09. The maximum absolute atomic E-state index is 5.43. The van der Waals surface area contributed by atoms with Gasteiger partial charge in [-0.15, -0.1) is 0 Å². The third-order valence-electron chi connectivity index (χ3n) is 3.00. The van der Waals surface area contributed by atoms with Crippen LogP contribution in [0.3, 0.4) is 0 Å². The Bertz CT molecular complexity index is 534. The molecule has 0 spiro atoms. The van der Waals surface area contributed by atoms with Crippen LogP contribution >= 0.6 is 0 Å². The van der Waals surface area contributed by atoms with Crippen molar-refractivity contribution in [2.24, 2.45) is 0 Å². The zero-order valence-electron chi connectivity index (χ0n) is 11.6. The van der Waals surface area contributed by atoms with Crippen LogP contribution < -0.4 is 21.5 Å². The molecule has 0 aliphatic carbocycles. The molecule has 104 valence electrons. The van der Waals surface area contributed by atoms with E-state index in [9.17, 15) is 0 Å². The van der Waals surface area contributed by atoms with Gasteiger partial charge in [-0.1, -0.05) is 18.2 Å². The molecule has 0 atom stereocenters. The van der Waals surface area contributed by atoms with Crippen LogP contribution in [0.15, 0.2) is 42.7 Å². The van der Waals surface area contributed by atoms with Crippen LogP contribution in [0.5, 0.6) is 0 Å². The second kappa shape index (κ2) is 8.12. The molecular formula is C15H21BrN2O. The first-order valence-electron chi connectivity index (χ1n) is 6.53. The van der Waals surface area contributed by atoms with Crippen LogP contribution in [0.25, 0.3) is 11.0 Å². The Hall–Kier alpha value is -1.13. The van der Waals surface area contributed by atoms with Crippen molar-refractivity contribution in [1.82, 2.24) is 4.57 Å². The van der Waals surface area contributed by atoms with Gasteiger partial charge in [0.1, 0.15) is 13.1 Å². The summed E-state index contributed by atoms with van der Waals surface area (Å²) in [5.74, 6) is 0. The van der Waals surface area contributed by atoms with E-state index >= 15 is 0 Å². The summed E-state index contributed by atoms with van der Waals surface area (Å²) >= 11 is 0. The number of para-hydroxylation sites is 2. The van der Waals surface area contributed by atoms with Gasteiger partial charge in [-0.3, -0.25) is 0 Å². The molecule has 0 bridgehead atoms. The van der Waals surface area contributed by atoms with Crippen molar-refractivity contribution in [3.63, 3.8) is 0 Å². The van der Waals surface area contributed by atoms with Crippen molar-refractivity contribution in [3.8, 4) is 0 Å². The third kappa shape index (κ3) is 3.91.